The van der Waals surface area contributed by atoms with E-state index in [-0.39, 0.29) is 11.9 Å². The van der Waals surface area contributed by atoms with Crippen LogP contribution in [0, 0.1) is 0 Å². The van der Waals surface area contributed by atoms with Crippen LogP contribution in [0.4, 0.5) is 4.79 Å². The van der Waals surface area contributed by atoms with Crippen molar-refractivity contribution in [3.63, 3.8) is 0 Å². The van der Waals surface area contributed by atoms with Crippen LogP contribution in [0.3, 0.4) is 0 Å². The molecular formula is C19H30N6O2. The number of rotatable bonds is 4. The largest absolute Gasteiger partial charge is 0.325 e. The number of likely N-dealkylation sites (tertiary alicyclic amines) is 1. The van der Waals surface area contributed by atoms with Crippen molar-refractivity contribution >= 4 is 17.9 Å². The summed E-state index contributed by atoms with van der Waals surface area (Å²) >= 11 is 0. The summed E-state index contributed by atoms with van der Waals surface area (Å²) in [4.78, 5) is 37.5. The van der Waals surface area contributed by atoms with Gasteiger partial charge in [-0.15, -0.1) is 0 Å². The molecule has 1 N–H and O–H groups in total. The van der Waals surface area contributed by atoms with E-state index in [0.29, 0.717) is 0 Å². The van der Waals surface area contributed by atoms with E-state index in [1.54, 1.807) is 7.05 Å². The van der Waals surface area contributed by atoms with Crippen LogP contribution in [0.15, 0.2) is 16.4 Å². The van der Waals surface area contributed by atoms with Crippen LogP contribution in [0.5, 0.6) is 0 Å². The molecule has 2 atom stereocenters. The minimum Gasteiger partial charge on any atom is -0.314 e. The molecule has 0 aromatic heterocycles. The first kappa shape index (κ1) is 18.3. The minimum absolute atomic E-state index is 0.264. The van der Waals surface area contributed by atoms with Gasteiger partial charge >= 0.3 is 6.03 Å². The quantitative estimate of drug-likeness (QED) is 0.805. The summed E-state index contributed by atoms with van der Waals surface area (Å²) in [5.74, 6) is 0.549. The third-order valence-electron chi connectivity index (χ3n) is 6.33. The van der Waals surface area contributed by atoms with Gasteiger partial charge in [0.15, 0.2) is 12.2 Å². The van der Waals surface area contributed by atoms with E-state index in [9.17, 15) is 9.59 Å². The predicted molar refractivity (Wildman–Crippen MR) is 103 cm³/mol. The summed E-state index contributed by atoms with van der Waals surface area (Å²) in [6.07, 6.45) is 5.94. The summed E-state index contributed by atoms with van der Waals surface area (Å²) in [6.45, 7) is 8.52. The Morgan fingerprint density at radius 3 is 2.44 bits per heavy atom. The average Bonchev–Trinajstić information content (AvgIpc) is 2.98. The molecule has 4 aliphatic rings. The van der Waals surface area contributed by atoms with Crippen LogP contribution in [-0.4, -0.2) is 82.9 Å². The Labute approximate surface area is 160 Å². The van der Waals surface area contributed by atoms with Gasteiger partial charge in [-0.2, -0.15) is 0 Å². The van der Waals surface area contributed by atoms with Crippen molar-refractivity contribution in [3.8, 4) is 0 Å². The highest BCUT2D eigenvalue weighted by Crippen LogP contribution is 2.36. The number of guanidine groups is 1. The summed E-state index contributed by atoms with van der Waals surface area (Å²) in [6, 6.07) is -0.842. The maximum absolute atomic E-state index is 12.5. The molecule has 8 nitrogen and oxygen atoms in total. The lowest BCUT2D eigenvalue weighted by molar-refractivity contribution is -0.126. The molecule has 0 aliphatic carbocycles. The summed E-state index contributed by atoms with van der Waals surface area (Å²) in [7, 11) is 1.70. The van der Waals surface area contributed by atoms with E-state index in [0.717, 1.165) is 36.9 Å². The van der Waals surface area contributed by atoms with Crippen molar-refractivity contribution < 1.29 is 9.59 Å². The van der Waals surface area contributed by atoms with Crippen molar-refractivity contribution in [2.75, 3.05) is 33.2 Å². The molecule has 4 aliphatic heterocycles. The summed E-state index contributed by atoms with van der Waals surface area (Å²) in [5, 5.41) is 2.44. The van der Waals surface area contributed by atoms with Gasteiger partial charge in [-0.05, 0) is 52.7 Å². The molecule has 0 aromatic carbocycles. The number of nitrogens with zero attached hydrogens (tertiary/aromatic N) is 5. The lowest BCUT2D eigenvalue weighted by Gasteiger charge is -2.35. The average molecular weight is 374 g/mol. The molecule has 0 spiro atoms. The van der Waals surface area contributed by atoms with Crippen LogP contribution in [0.1, 0.15) is 46.0 Å². The number of hydrogen-bond donors (Lipinski definition) is 1. The molecule has 4 heterocycles. The Balaban J connectivity index is 1.46. The van der Waals surface area contributed by atoms with Gasteiger partial charge in [-0.3, -0.25) is 15.0 Å². The van der Waals surface area contributed by atoms with Crippen molar-refractivity contribution in [3.05, 3.63) is 11.4 Å². The Morgan fingerprint density at radius 1 is 1.04 bits per heavy atom. The number of amides is 3. The van der Waals surface area contributed by atoms with Crippen molar-refractivity contribution in [2.24, 2.45) is 4.99 Å². The predicted octanol–water partition coefficient (Wildman–Crippen LogP) is 1.37. The van der Waals surface area contributed by atoms with Crippen LogP contribution >= 0.6 is 0 Å². The Morgan fingerprint density at radius 2 is 1.74 bits per heavy atom. The molecule has 2 fully saturated rings. The standard InChI is InChI=1S/C19H30N6O2/c1-13-14(2)25-15-16(22(3)19(27)21-17(15)26)20-18(25)24(13)12-8-11-23-9-6-4-5-7-10-23/h15-16H,4-12H2,1-3H3,(H,21,26,27). The summed E-state index contributed by atoms with van der Waals surface area (Å²) < 4.78 is 0. The van der Waals surface area contributed by atoms with Gasteiger partial charge in [0.25, 0.3) is 5.91 Å². The maximum atomic E-state index is 12.5. The molecule has 0 radical (unpaired) electrons. The van der Waals surface area contributed by atoms with Gasteiger partial charge in [-0.1, -0.05) is 12.8 Å². The second kappa shape index (κ2) is 7.14. The number of hydrogen-bond acceptors (Lipinski definition) is 6. The molecule has 27 heavy (non-hydrogen) atoms. The van der Waals surface area contributed by atoms with Crippen molar-refractivity contribution in [2.45, 2.75) is 58.2 Å². The molecule has 3 amide bonds. The molecule has 2 unspecified atom stereocenters. The maximum Gasteiger partial charge on any atom is 0.325 e. The first-order chi connectivity index (χ1) is 13.0. The monoisotopic (exact) mass is 374 g/mol. The van der Waals surface area contributed by atoms with Crippen molar-refractivity contribution in [1.29, 1.82) is 0 Å². The van der Waals surface area contributed by atoms with Gasteiger partial charge in [0.2, 0.25) is 5.96 Å². The minimum atomic E-state index is -0.465. The third kappa shape index (κ3) is 3.09. The first-order valence-electron chi connectivity index (χ1n) is 10.1. The lowest BCUT2D eigenvalue weighted by atomic mass is 10.1. The zero-order valence-electron chi connectivity index (χ0n) is 16.6. The van der Waals surface area contributed by atoms with Gasteiger partial charge in [0.05, 0.1) is 0 Å². The fourth-order valence-electron chi connectivity index (χ4n) is 4.61. The van der Waals surface area contributed by atoms with Crippen LogP contribution in [0.25, 0.3) is 0 Å². The molecule has 0 aromatic rings. The van der Waals surface area contributed by atoms with E-state index < -0.39 is 12.2 Å². The van der Waals surface area contributed by atoms with Crippen LogP contribution in [-0.2, 0) is 4.79 Å². The lowest BCUT2D eigenvalue weighted by Crippen LogP contribution is -2.63. The normalized spacial score (nSPS) is 29.0. The number of nitrogens with one attached hydrogen (secondary N) is 1. The molecule has 0 bridgehead atoms. The zero-order chi connectivity index (χ0) is 19.1. The number of carbonyl (C=O) groups is 2. The topological polar surface area (TPSA) is 71.5 Å². The SMILES string of the molecule is CC1=C(C)N2C(=NC3C2C(=O)NC(=O)N3C)N1CCCN1CCCCCC1. The second-order valence-corrected chi connectivity index (χ2v) is 7.99. The highest BCUT2D eigenvalue weighted by Gasteiger charge is 2.52. The van der Waals surface area contributed by atoms with Crippen molar-refractivity contribution in [1.82, 2.24) is 24.9 Å². The fraction of sp³-hybridized carbons (Fsp3) is 0.737. The van der Waals surface area contributed by atoms with Gasteiger partial charge < -0.3 is 14.7 Å². The summed E-state index contributed by atoms with van der Waals surface area (Å²) in [5.41, 5.74) is 2.20. The number of imide groups is 1. The number of urea groups is 1. The third-order valence-corrected chi connectivity index (χ3v) is 6.33. The Kier molecular flexibility index (Phi) is 4.84. The van der Waals surface area contributed by atoms with E-state index in [4.69, 9.17) is 4.99 Å². The zero-order valence-corrected chi connectivity index (χ0v) is 16.6. The van der Waals surface area contributed by atoms with Gasteiger partial charge in [0.1, 0.15) is 0 Å². The van der Waals surface area contributed by atoms with E-state index >= 15 is 0 Å². The molecule has 8 heteroatoms. The molecule has 2 saturated heterocycles. The van der Waals surface area contributed by atoms with E-state index in [1.807, 2.05) is 11.8 Å². The Hall–Kier alpha value is -2.09. The fourth-order valence-corrected chi connectivity index (χ4v) is 4.61. The van der Waals surface area contributed by atoms with Crippen LogP contribution in [0.2, 0.25) is 0 Å². The molecule has 0 saturated carbocycles. The first-order valence-corrected chi connectivity index (χ1v) is 10.1. The Bertz CT molecular complexity index is 694. The van der Waals surface area contributed by atoms with Gasteiger partial charge in [0, 0.05) is 25.0 Å². The number of likely N-dealkylation sites (N-methyl/N-ethyl adjacent to an activating group) is 1. The van der Waals surface area contributed by atoms with E-state index in [1.165, 1.54) is 43.7 Å². The van der Waals surface area contributed by atoms with Gasteiger partial charge in [-0.25, -0.2) is 9.79 Å². The molecule has 4 rings (SSSR count). The smallest absolute Gasteiger partial charge is 0.314 e. The van der Waals surface area contributed by atoms with E-state index in [2.05, 4.69) is 22.0 Å². The molecular weight excluding hydrogens is 344 g/mol. The number of allylic oxidation sites excluding steroid dienone is 2. The number of aliphatic imine (C=N–C) groups is 1. The molecule has 148 valence electrons. The van der Waals surface area contributed by atoms with Crippen LogP contribution < -0.4 is 5.32 Å². The number of fused-ring (bicyclic) bond motifs is 3. The number of carbonyl (C=O) groups excluding carboxylic acids is 2. The highest BCUT2D eigenvalue weighted by molar-refractivity contribution is 6.05. The second-order valence-electron chi connectivity index (χ2n) is 7.99. The highest BCUT2D eigenvalue weighted by atomic mass is 16.2.